The van der Waals surface area contributed by atoms with Crippen molar-refractivity contribution in [2.75, 3.05) is 0 Å². The molecular weight excluding hydrogens is 281 g/mol. The van der Waals surface area contributed by atoms with Crippen molar-refractivity contribution in [2.24, 2.45) is 5.73 Å². The molecule has 0 aliphatic heterocycles. The molecule has 2 N–H and O–H groups in total. The Kier molecular flexibility index (Phi) is 4.70. The number of aryl methyl sites for hydroxylation is 1. The van der Waals surface area contributed by atoms with E-state index in [4.69, 9.17) is 33.7 Å². The smallest absolute Gasteiger partial charge is 0.124 e. The summed E-state index contributed by atoms with van der Waals surface area (Å²) in [5.74, 6) is 0.768. The predicted octanol–water partition coefficient (Wildman–Crippen LogP) is 4.34. The van der Waals surface area contributed by atoms with Crippen molar-refractivity contribution in [3.8, 4) is 5.75 Å². The SMILES string of the molecule is Cc1ccc(OCc2c(Cl)cccc2Cl)c(CN)c1. The highest BCUT2D eigenvalue weighted by molar-refractivity contribution is 6.35. The number of halogens is 2. The minimum Gasteiger partial charge on any atom is -0.488 e. The molecular formula is C15H15Cl2NO. The van der Waals surface area contributed by atoms with Gasteiger partial charge in [-0.1, -0.05) is 47.0 Å². The first kappa shape index (κ1) is 14.2. The number of nitrogens with two attached hydrogens (primary N) is 1. The molecule has 2 nitrogen and oxygen atoms in total. The van der Waals surface area contributed by atoms with Crippen LogP contribution in [0.1, 0.15) is 16.7 Å². The molecule has 19 heavy (non-hydrogen) atoms. The van der Waals surface area contributed by atoms with Gasteiger partial charge in [-0.2, -0.15) is 0 Å². The minimum atomic E-state index is 0.328. The first-order chi connectivity index (χ1) is 9.11. The third-order valence-corrected chi connectivity index (χ3v) is 3.58. The van der Waals surface area contributed by atoms with Gasteiger partial charge in [0, 0.05) is 27.7 Å². The zero-order valence-electron chi connectivity index (χ0n) is 10.6. The predicted molar refractivity (Wildman–Crippen MR) is 79.9 cm³/mol. The second-order valence-electron chi connectivity index (χ2n) is 4.30. The molecule has 0 fully saturated rings. The third-order valence-electron chi connectivity index (χ3n) is 2.87. The lowest BCUT2D eigenvalue weighted by atomic mass is 10.1. The summed E-state index contributed by atoms with van der Waals surface area (Å²) in [4.78, 5) is 0. The van der Waals surface area contributed by atoms with E-state index in [2.05, 4.69) is 0 Å². The lowest BCUT2D eigenvalue weighted by molar-refractivity contribution is 0.303. The van der Waals surface area contributed by atoms with Crippen molar-refractivity contribution >= 4 is 23.2 Å². The van der Waals surface area contributed by atoms with E-state index in [9.17, 15) is 0 Å². The molecule has 0 bridgehead atoms. The monoisotopic (exact) mass is 295 g/mol. The van der Waals surface area contributed by atoms with Crippen molar-refractivity contribution in [3.63, 3.8) is 0 Å². The number of ether oxygens (including phenoxy) is 1. The van der Waals surface area contributed by atoms with Crippen LogP contribution < -0.4 is 10.5 Å². The van der Waals surface area contributed by atoms with E-state index in [1.54, 1.807) is 12.1 Å². The highest BCUT2D eigenvalue weighted by Gasteiger charge is 2.08. The maximum atomic E-state index is 6.11. The van der Waals surface area contributed by atoms with Gasteiger partial charge in [0.05, 0.1) is 0 Å². The van der Waals surface area contributed by atoms with Gasteiger partial charge in [-0.3, -0.25) is 0 Å². The molecule has 0 aromatic heterocycles. The van der Waals surface area contributed by atoms with Crippen LogP contribution in [0.15, 0.2) is 36.4 Å². The molecule has 0 heterocycles. The third kappa shape index (κ3) is 3.41. The van der Waals surface area contributed by atoms with Gasteiger partial charge in [0.15, 0.2) is 0 Å². The fraction of sp³-hybridized carbons (Fsp3) is 0.200. The Bertz CT molecular complexity index is 564. The zero-order valence-corrected chi connectivity index (χ0v) is 12.1. The molecule has 0 unspecified atom stereocenters. The fourth-order valence-electron chi connectivity index (χ4n) is 1.83. The average Bonchev–Trinajstić information content (AvgIpc) is 2.39. The average molecular weight is 296 g/mol. The molecule has 0 saturated heterocycles. The Morgan fingerprint density at radius 1 is 1.11 bits per heavy atom. The van der Waals surface area contributed by atoms with E-state index in [-0.39, 0.29) is 0 Å². The minimum absolute atomic E-state index is 0.328. The summed E-state index contributed by atoms with van der Waals surface area (Å²) in [5.41, 5.74) is 8.63. The van der Waals surface area contributed by atoms with Gasteiger partial charge in [0.1, 0.15) is 12.4 Å². The van der Waals surface area contributed by atoms with E-state index in [0.29, 0.717) is 23.2 Å². The van der Waals surface area contributed by atoms with Gasteiger partial charge >= 0.3 is 0 Å². The van der Waals surface area contributed by atoms with Gasteiger partial charge in [0.25, 0.3) is 0 Å². The number of hydrogen-bond acceptors (Lipinski definition) is 2. The van der Waals surface area contributed by atoms with Crippen LogP contribution in [0.2, 0.25) is 10.0 Å². The Balaban J connectivity index is 2.19. The molecule has 0 aliphatic rings. The standard InChI is InChI=1S/C15H15Cl2NO/c1-10-5-6-15(11(7-10)8-18)19-9-12-13(16)3-2-4-14(12)17/h2-7H,8-9,18H2,1H3. The summed E-state index contributed by atoms with van der Waals surface area (Å²) in [7, 11) is 0. The summed E-state index contributed by atoms with van der Waals surface area (Å²) in [6, 6.07) is 11.3. The Hall–Kier alpha value is -1.22. The quantitative estimate of drug-likeness (QED) is 0.911. The summed E-state index contributed by atoms with van der Waals surface area (Å²) in [5, 5.41) is 1.21. The van der Waals surface area contributed by atoms with Crippen LogP contribution in [0.5, 0.6) is 5.75 Å². The van der Waals surface area contributed by atoms with Gasteiger partial charge < -0.3 is 10.5 Å². The zero-order chi connectivity index (χ0) is 13.8. The first-order valence-corrected chi connectivity index (χ1v) is 6.72. The lowest BCUT2D eigenvalue weighted by Gasteiger charge is -2.13. The van der Waals surface area contributed by atoms with Crippen LogP contribution in [-0.2, 0) is 13.2 Å². The molecule has 2 rings (SSSR count). The number of benzene rings is 2. The van der Waals surface area contributed by atoms with Crippen molar-refractivity contribution in [1.29, 1.82) is 0 Å². The van der Waals surface area contributed by atoms with Gasteiger partial charge in [-0.15, -0.1) is 0 Å². The number of rotatable bonds is 4. The van der Waals surface area contributed by atoms with E-state index in [1.807, 2.05) is 31.2 Å². The van der Waals surface area contributed by atoms with Gasteiger partial charge in [0.2, 0.25) is 0 Å². The Morgan fingerprint density at radius 2 is 1.79 bits per heavy atom. The van der Waals surface area contributed by atoms with Crippen LogP contribution >= 0.6 is 23.2 Å². The molecule has 0 radical (unpaired) electrons. The van der Waals surface area contributed by atoms with E-state index in [0.717, 1.165) is 22.4 Å². The molecule has 0 aliphatic carbocycles. The lowest BCUT2D eigenvalue weighted by Crippen LogP contribution is -2.03. The molecule has 0 atom stereocenters. The summed E-state index contributed by atoms with van der Waals surface area (Å²) >= 11 is 12.2. The summed E-state index contributed by atoms with van der Waals surface area (Å²) < 4.78 is 5.78. The van der Waals surface area contributed by atoms with Crippen molar-refractivity contribution in [2.45, 2.75) is 20.1 Å². The van der Waals surface area contributed by atoms with Crippen LogP contribution in [0.25, 0.3) is 0 Å². The van der Waals surface area contributed by atoms with Gasteiger partial charge in [-0.25, -0.2) is 0 Å². The molecule has 0 amide bonds. The topological polar surface area (TPSA) is 35.2 Å². The normalized spacial score (nSPS) is 10.5. The highest BCUT2D eigenvalue weighted by atomic mass is 35.5. The van der Waals surface area contributed by atoms with Crippen molar-refractivity contribution < 1.29 is 4.74 Å². The molecule has 0 spiro atoms. The molecule has 100 valence electrons. The Labute approximate surface area is 123 Å². The maximum Gasteiger partial charge on any atom is 0.124 e. The van der Waals surface area contributed by atoms with E-state index < -0.39 is 0 Å². The number of hydrogen-bond donors (Lipinski definition) is 1. The maximum absolute atomic E-state index is 6.11. The van der Waals surface area contributed by atoms with Crippen LogP contribution in [0.4, 0.5) is 0 Å². The molecule has 2 aromatic rings. The van der Waals surface area contributed by atoms with Crippen LogP contribution in [0.3, 0.4) is 0 Å². The largest absolute Gasteiger partial charge is 0.488 e. The van der Waals surface area contributed by atoms with Crippen molar-refractivity contribution in [1.82, 2.24) is 0 Å². The first-order valence-electron chi connectivity index (χ1n) is 5.97. The van der Waals surface area contributed by atoms with Crippen LogP contribution in [-0.4, -0.2) is 0 Å². The van der Waals surface area contributed by atoms with E-state index >= 15 is 0 Å². The fourth-order valence-corrected chi connectivity index (χ4v) is 2.34. The van der Waals surface area contributed by atoms with Crippen molar-refractivity contribution in [3.05, 3.63) is 63.1 Å². The van der Waals surface area contributed by atoms with Crippen LogP contribution in [0, 0.1) is 6.92 Å². The molecule has 4 heteroatoms. The molecule has 2 aromatic carbocycles. The van der Waals surface area contributed by atoms with E-state index in [1.165, 1.54) is 0 Å². The second-order valence-corrected chi connectivity index (χ2v) is 5.12. The molecule has 0 saturated carbocycles. The highest BCUT2D eigenvalue weighted by Crippen LogP contribution is 2.27. The summed E-state index contributed by atoms with van der Waals surface area (Å²) in [6.45, 7) is 2.79. The summed E-state index contributed by atoms with van der Waals surface area (Å²) in [6.07, 6.45) is 0. The second kappa shape index (κ2) is 6.29. The van der Waals surface area contributed by atoms with Gasteiger partial charge in [-0.05, 0) is 25.1 Å². The Morgan fingerprint density at radius 3 is 2.42 bits per heavy atom.